The second-order valence-electron chi connectivity index (χ2n) is 10.5. The maximum atomic E-state index is 13.0. The summed E-state index contributed by atoms with van der Waals surface area (Å²) in [6, 6.07) is 0. The molecule has 7 nitrogen and oxygen atoms in total. The molecule has 1 aliphatic heterocycles. The number of ether oxygens (including phenoxy) is 2. The molecule has 3 fully saturated rings. The Kier molecular flexibility index (Phi) is 3.95. The zero-order valence-corrected chi connectivity index (χ0v) is 17.8. The van der Waals surface area contributed by atoms with Crippen LogP contribution in [0.2, 0.25) is 0 Å². The minimum Gasteiger partial charge on any atom is -0.455 e. The fourth-order valence-corrected chi connectivity index (χ4v) is 7.41. The minimum atomic E-state index is -1.81. The van der Waals surface area contributed by atoms with Gasteiger partial charge < -0.3 is 24.8 Å². The summed E-state index contributed by atoms with van der Waals surface area (Å²) < 4.78 is 12.2. The number of carbonyl (C=O) groups is 2. The molecule has 2 saturated carbocycles. The highest BCUT2D eigenvalue weighted by Crippen LogP contribution is 2.77. The van der Waals surface area contributed by atoms with Gasteiger partial charge in [0.05, 0.1) is 25.2 Å². The zero-order chi connectivity index (χ0) is 21.9. The average Bonchev–Trinajstić information content (AvgIpc) is 3.18. The van der Waals surface area contributed by atoms with Crippen LogP contribution in [0.1, 0.15) is 40.5 Å². The van der Waals surface area contributed by atoms with E-state index in [9.17, 15) is 24.9 Å². The summed E-state index contributed by atoms with van der Waals surface area (Å²) in [5.74, 6) is -2.85. The number of fused-ring (bicyclic) bond motifs is 4. The zero-order valence-electron chi connectivity index (χ0n) is 17.8. The normalized spacial score (nSPS) is 51.2. The van der Waals surface area contributed by atoms with Gasteiger partial charge in [-0.05, 0) is 18.1 Å². The van der Waals surface area contributed by atoms with Crippen molar-refractivity contribution in [3.63, 3.8) is 0 Å². The van der Waals surface area contributed by atoms with Gasteiger partial charge >= 0.3 is 5.97 Å². The van der Waals surface area contributed by atoms with E-state index in [1.165, 1.54) is 0 Å². The van der Waals surface area contributed by atoms with Gasteiger partial charge in [0.15, 0.2) is 5.78 Å². The molecular weight excluding hydrogens is 388 g/mol. The smallest absolute Gasteiger partial charge is 0.308 e. The molecule has 4 aliphatic carbocycles. The number of Topliss-reactive ketones (excluding diaryl/α,β-unsaturated/α-hetero) is 1. The molecule has 0 aromatic heterocycles. The van der Waals surface area contributed by atoms with Gasteiger partial charge in [-0.25, -0.2) is 0 Å². The Morgan fingerprint density at radius 1 is 1.20 bits per heavy atom. The van der Waals surface area contributed by atoms with Crippen molar-refractivity contribution < 1.29 is 34.4 Å². The van der Waals surface area contributed by atoms with Crippen molar-refractivity contribution >= 4 is 11.8 Å². The third-order valence-corrected chi connectivity index (χ3v) is 8.84. The predicted molar refractivity (Wildman–Crippen MR) is 105 cm³/mol. The number of aliphatic hydroxyl groups excluding tert-OH is 1. The molecule has 1 spiro atoms. The predicted octanol–water partition coefficient (Wildman–Crippen LogP) is 0.909. The number of rotatable bonds is 1. The van der Waals surface area contributed by atoms with Crippen molar-refractivity contribution in [2.45, 2.75) is 63.4 Å². The molecule has 8 atom stereocenters. The van der Waals surface area contributed by atoms with E-state index in [2.05, 4.69) is 0 Å². The summed E-state index contributed by atoms with van der Waals surface area (Å²) in [4.78, 5) is 25.4. The van der Waals surface area contributed by atoms with Crippen LogP contribution in [0.25, 0.3) is 0 Å². The van der Waals surface area contributed by atoms with E-state index in [0.717, 1.165) is 0 Å². The molecule has 7 heteroatoms. The number of esters is 1. The summed E-state index contributed by atoms with van der Waals surface area (Å²) in [5, 5.41) is 33.9. The molecule has 3 N–H and O–H groups in total. The molecule has 5 rings (SSSR count). The Morgan fingerprint density at radius 3 is 2.57 bits per heavy atom. The molecule has 2 unspecified atom stereocenters. The first-order valence-electron chi connectivity index (χ1n) is 10.8. The molecule has 0 aromatic rings. The second-order valence-corrected chi connectivity index (χ2v) is 10.5. The van der Waals surface area contributed by atoms with E-state index < -0.39 is 51.9 Å². The van der Waals surface area contributed by atoms with Crippen LogP contribution >= 0.6 is 0 Å². The standard InChI is InChI=1S/C23H30O7/c1-11-7-15-21(27,18(11)26)9-13(10-24)8-14-17-20(3,4)23(17)19(12(2)22(14,15)28)29-6-5-16(25)30-23/h7-8,12,14-15,17,19,24,27-28H,5-6,9-10H2,1-4H3/t12-,14+,15?,17?,19-,21-,22-,23-/m1/s1. The van der Waals surface area contributed by atoms with Gasteiger partial charge in [0.2, 0.25) is 0 Å². The van der Waals surface area contributed by atoms with Gasteiger partial charge in [-0.2, -0.15) is 0 Å². The Hall–Kier alpha value is -1.54. The summed E-state index contributed by atoms with van der Waals surface area (Å²) in [5.41, 5.74) is -3.72. The molecule has 5 aliphatic rings. The minimum absolute atomic E-state index is 0.0299. The van der Waals surface area contributed by atoms with Crippen LogP contribution in [-0.4, -0.2) is 63.2 Å². The lowest BCUT2D eigenvalue weighted by molar-refractivity contribution is -0.220. The molecular formula is C23H30O7. The van der Waals surface area contributed by atoms with Crippen molar-refractivity contribution in [1.82, 2.24) is 0 Å². The highest BCUT2D eigenvalue weighted by molar-refractivity contribution is 6.04. The molecule has 0 radical (unpaired) electrons. The first-order valence-corrected chi connectivity index (χ1v) is 10.8. The lowest BCUT2D eigenvalue weighted by Gasteiger charge is -2.53. The third-order valence-electron chi connectivity index (χ3n) is 8.84. The Labute approximate surface area is 175 Å². The highest BCUT2D eigenvalue weighted by atomic mass is 16.6. The van der Waals surface area contributed by atoms with E-state index in [-0.39, 0.29) is 37.9 Å². The molecule has 1 saturated heterocycles. The van der Waals surface area contributed by atoms with Gasteiger partial charge in [-0.15, -0.1) is 0 Å². The average molecular weight is 418 g/mol. The van der Waals surface area contributed by atoms with Gasteiger partial charge in [0.25, 0.3) is 0 Å². The van der Waals surface area contributed by atoms with Gasteiger partial charge in [0.1, 0.15) is 17.3 Å². The molecule has 0 amide bonds. The number of hydrogen-bond acceptors (Lipinski definition) is 7. The molecule has 0 aromatic carbocycles. The second kappa shape index (κ2) is 5.82. The number of aliphatic hydroxyl groups is 3. The summed E-state index contributed by atoms with van der Waals surface area (Å²) in [6.45, 7) is 7.42. The Bertz CT molecular complexity index is 903. The van der Waals surface area contributed by atoms with Crippen molar-refractivity contribution in [3.8, 4) is 0 Å². The quantitative estimate of drug-likeness (QED) is 0.428. The van der Waals surface area contributed by atoms with Crippen LogP contribution in [0.5, 0.6) is 0 Å². The largest absolute Gasteiger partial charge is 0.455 e. The lowest BCUT2D eigenvalue weighted by Crippen LogP contribution is -2.65. The topological polar surface area (TPSA) is 113 Å². The lowest BCUT2D eigenvalue weighted by atomic mass is 9.59. The van der Waals surface area contributed by atoms with Gasteiger partial charge in [-0.3, -0.25) is 9.59 Å². The molecule has 164 valence electrons. The first-order chi connectivity index (χ1) is 14.0. The van der Waals surface area contributed by atoms with Crippen molar-refractivity contribution in [2.24, 2.45) is 29.1 Å². The van der Waals surface area contributed by atoms with Crippen molar-refractivity contribution in [2.75, 3.05) is 13.2 Å². The molecule has 0 bridgehead atoms. The first kappa shape index (κ1) is 20.4. The van der Waals surface area contributed by atoms with Crippen LogP contribution in [0, 0.1) is 29.1 Å². The summed E-state index contributed by atoms with van der Waals surface area (Å²) in [6.07, 6.45) is 3.07. The third kappa shape index (κ3) is 2.05. The van der Waals surface area contributed by atoms with Crippen LogP contribution in [0.15, 0.2) is 23.3 Å². The highest BCUT2D eigenvalue weighted by Gasteiger charge is 2.87. The van der Waals surface area contributed by atoms with Crippen LogP contribution < -0.4 is 0 Å². The van der Waals surface area contributed by atoms with E-state index >= 15 is 0 Å². The van der Waals surface area contributed by atoms with Gasteiger partial charge in [0, 0.05) is 35.5 Å². The van der Waals surface area contributed by atoms with E-state index in [1.807, 2.05) is 26.8 Å². The number of carbonyl (C=O) groups excluding carboxylic acids is 2. The Balaban J connectivity index is 1.74. The van der Waals surface area contributed by atoms with Crippen LogP contribution in [-0.2, 0) is 19.1 Å². The summed E-state index contributed by atoms with van der Waals surface area (Å²) in [7, 11) is 0. The van der Waals surface area contributed by atoms with Crippen LogP contribution in [0.3, 0.4) is 0 Å². The molecule has 30 heavy (non-hydrogen) atoms. The van der Waals surface area contributed by atoms with E-state index in [0.29, 0.717) is 11.1 Å². The van der Waals surface area contributed by atoms with E-state index in [4.69, 9.17) is 9.47 Å². The monoisotopic (exact) mass is 418 g/mol. The molecule has 1 heterocycles. The van der Waals surface area contributed by atoms with Gasteiger partial charge in [-0.1, -0.05) is 32.9 Å². The fraction of sp³-hybridized carbons (Fsp3) is 0.739. The van der Waals surface area contributed by atoms with Crippen molar-refractivity contribution in [1.29, 1.82) is 0 Å². The maximum absolute atomic E-state index is 13.0. The fourth-order valence-electron chi connectivity index (χ4n) is 7.41. The SMILES string of the molecule is CC1=CC2[C@@]3(O)[C@H](C)[C@H]4OCCC(=O)O[C@]45C([C@@H]3C=C(CO)C[C@]2(O)C1=O)C5(C)C. The van der Waals surface area contributed by atoms with Crippen LogP contribution in [0.4, 0.5) is 0 Å². The number of hydrogen-bond donors (Lipinski definition) is 3. The Morgan fingerprint density at radius 2 is 1.90 bits per heavy atom. The van der Waals surface area contributed by atoms with Crippen molar-refractivity contribution in [3.05, 3.63) is 23.3 Å². The maximum Gasteiger partial charge on any atom is 0.308 e. The van der Waals surface area contributed by atoms with E-state index in [1.54, 1.807) is 13.0 Å². The number of ketones is 1. The summed E-state index contributed by atoms with van der Waals surface area (Å²) >= 11 is 0.